The number of rotatable bonds is 4. The third-order valence-electron chi connectivity index (χ3n) is 5.38. The van der Waals surface area contributed by atoms with Gasteiger partial charge in [-0.05, 0) is 31.2 Å². The minimum Gasteiger partial charge on any atom is -0.357 e. The van der Waals surface area contributed by atoms with E-state index < -0.39 is 0 Å². The number of aromatic nitrogens is 3. The summed E-state index contributed by atoms with van der Waals surface area (Å²) in [6.07, 6.45) is 5.78. The number of benzene rings is 1. The Morgan fingerprint density at radius 1 is 1.15 bits per heavy atom. The van der Waals surface area contributed by atoms with Gasteiger partial charge < -0.3 is 9.47 Å². The summed E-state index contributed by atoms with van der Waals surface area (Å²) in [5, 5.41) is 9.73. The Morgan fingerprint density at radius 3 is 2.59 bits per heavy atom. The number of anilines is 1. The largest absolute Gasteiger partial charge is 0.357 e. The molecule has 138 valence electrons. The number of aryl methyl sites for hydroxylation is 3. The summed E-state index contributed by atoms with van der Waals surface area (Å²) >= 11 is 0. The van der Waals surface area contributed by atoms with Crippen molar-refractivity contribution in [3.8, 4) is 6.07 Å². The average molecular weight is 361 g/mol. The molecule has 0 N–H and O–H groups in total. The molecule has 1 fully saturated rings. The third kappa shape index (κ3) is 3.10. The normalized spacial score (nSPS) is 14.4. The van der Waals surface area contributed by atoms with E-state index in [1.54, 1.807) is 10.9 Å². The van der Waals surface area contributed by atoms with Gasteiger partial charge in [-0.25, -0.2) is 4.98 Å². The molecule has 0 atom stereocenters. The monoisotopic (exact) mass is 361 g/mol. The lowest BCUT2D eigenvalue weighted by Crippen LogP contribution is -2.31. The van der Waals surface area contributed by atoms with Gasteiger partial charge in [0.15, 0.2) is 0 Å². The molecule has 0 spiro atoms. The Balaban J connectivity index is 1.75. The van der Waals surface area contributed by atoms with Gasteiger partial charge in [-0.2, -0.15) is 5.26 Å². The molecule has 27 heavy (non-hydrogen) atoms. The molecule has 0 unspecified atom stereocenters. The lowest BCUT2D eigenvalue weighted by atomic mass is 10.1. The fraction of sp³-hybridized carbons (Fsp3) is 0.381. The highest BCUT2D eigenvalue weighted by atomic mass is 16.1. The Hall–Kier alpha value is -3.07. The highest BCUT2D eigenvalue weighted by Crippen LogP contribution is 2.30. The van der Waals surface area contributed by atoms with E-state index in [9.17, 15) is 10.1 Å². The van der Waals surface area contributed by atoms with Crippen LogP contribution < -0.4 is 10.5 Å². The first-order valence-corrected chi connectivity index (χ1v) is 9.47. The van der Waals surface area contributed by atoms with Crippen LogP contribution in [-0.2, 0) is 20.0 Å². The van der Waals surface area contributed by atoms with E-state index in [-0.39, 0.29) is 5.56 Å². The van der Waals surface area contributed by atoms with Crippen LogP contribution >= 0.6 is 0 Å². The first-order valence-electron chi connectivity index (χ1n) is 9.47. The molecule has 1 aliphatic heterocycles. The number of hydrogen-bond acceptors (Lipinski definition) is 4. The molecule has 2 aromatic heterocycles. The molecule has 0 radical (unpaired) electrons. The van der Waals surface area contributed by atoms with Gasteiger partial charge in [-0.15, -0.1) is 0 Å². The quantitative estimate of drug-likeness (QED) is 0.717. The standard InChI is InChI=1S/C21H23N5O/c1-24-19-18(17(14-22)20(24)25-11-6-3-7-12-25)23-15-26(21(19)27)13-10-16-8-4-2-5-9-16/h2,4-5,8-9,15H,3,6-7,10-13H2,1H3. The first kappa shape index (κ1) is 17.3. The van der Waals surface area contributed by atoms with E-state index in [4.69, 9.17) is 0 Å². The summed E-state index contributed by atoms with van der Waals surface area (Å²) in [6.45, 7) is 2.40. The molecule has 3 aromatic rings. The zero-order valence-electron chi connectivity index (χ0n) is 15.6. The number of nitriles is 1. The summed E-state index contributed by atoms with van der Waals surface area (Å²) < 4.78 is 3.52. The minimum atomic E-state index is -0.0850. The van der Waals surface area contributed by atoms with Crippen LogP contribution in [0.4, 0.5) is 5.82 Å². The highest BCUT2D eigenvalue weighted by molar-refractivity contribution is 5.89. The second-order valence-corrected chi connectivity index (χ2v) is 7.09. The maximum absolute atomic E-state index is 13.1. The van der Waals surface area contributed by atoms with E-state index in [1.807, 2.05) is 29.8 Å². The molecule has 4 rings (SSSR count). The molecular formula is C21H23N5O. The predicted molar refractivity (Wildman–Crippen MR) is 106 cm³/mol. The summed E-state index contributed by atoms with van der Waals surface area (Å²) in [4.78, 5) is 19.8. The summed E-state index contributed by atoms with van der Waals surface area (Å²) in [5.74, 6) is 0.831. The van der Waals surface area contributed by atoms with Gasteiger partial charge in [0.2, 0.25) is 0 Å². The number of hydrogen-bond donors (Lipinski definition) is 0. The summed E-state index contributed by atoms with van der Waals surface area (Å²) in [7, 11) is 1.87. The van der Waals surface area contributed by atoms with Crippen molar-refractivity contribution in [1.82, 2.24) is 14.1 Å². The van der Waals surface area contributed by atoms with Crippen LogP contribution in [0.1, 0.15) is 30.4 Å². The minimum absolute atomic E-state index is 0.0850. The van der Waals surface area contributed by atoms with Crippen molar-refractivity contribution in [3.05, 3.63) is 58.1 Å². The van der Waals surface area contributed by atoms with Crippen LogP contribution in [0, 0.1) is 11.3 Å². The Morgan fingerprint density at radius 2 is 1.89 bits per heavy atom. The average Bonchev–Trinajstić information content (AvgIpc) is 3.01. The Kier molecular flexibility index (Phi) is 4.68. The molecule has 6 nitrogen and oxygen atoms in total. The third-order valence-corrected chi connectivity index (χ3v) is 5.38. The number of piperidine rings is 1. The first-order chi connectivity index (χ1) is 13.2. The number of nitrogens with zero attached hydrogens (tertiary/aromatic N) is 5. The summed E-state index contributed by atoms with van der Waals surface area (Å²) in [6, 6.07) is 12.4. The second-order valence-electron chi connectivity index (χ2n) is 7.09. The lowest BCUT2D eigenvalue weighted by molar-refractivity contribution is 0.568. The predicted octanol–water partition coefficient (Wildman–Crippen LogP) is 2.84. The van der Waals surface area contributed by atoms with Crippen molar-refractivity contribution in [1.29, 1.82) is 5.26 Å². The lowest BCUT2D eigenvalue weighted by Gasteiger charge is -2.29. The van der Waals surface area contributed by atoms with E-state index in [0.29, 0.717) is 23.1 Å². The van der Waals surface area contributed by atoms with E-state index in [1.165, 1.54) is 12.0 Å². The molecule has 0 saturated carbocycles. The number of fused-ring (bicyclic) bond motifs is 1. The van der Waals surface area contributed by atoms with Crippen LogP contribution in [0.25, 0.3) is 11.0 Å². The molecule has 0 amide bonds. The highest BCUT2D eigenvalue weighted by Gasteiger charge is 2.24. The van der Waals surface area contributed by atoms with Crippen LogP contribution in [0.5, 0.6) is 0 Å². The van der Waals surface area contributed by atoms with Gasteiger partial charge in [0.1, 0.15) is 28.5 Å². The topological polar surface area (TPSA) is 66.8 Å². The molecule has 1 aliphatic rings. The van der Waals surface area contributed by atoms with E-state index in [0.717, 1.165) is 38.2 Å². The van der Waals surface area contributed by atoms with Crippen LogP contribution in [0.15, 0.2) is 41.5 Å². The SMILES string of the molecule is Cn1c(N2CCCCC2)c(C#N)c2ncn(CCc3ccccc3)c(=O)c21. The van der Waals surface area contributed by atoms with Crippen LogP contribution in [0.2, 0.25) is 0 Å². The molecular weight excluding hydrogens is 338 g/mol. The fourth-order valence-corrected chi connectivity index (χ4v) is 3.98. The van der Waals surface area contributed by atoms with Crippen molar-refractivity contribution < 1.29 is 0 Å². The summed E-state index contributed by atoms with van der Waals surface area (Å²) in [5.41, 5.74) is 2.65. The Labute approximate surface area is 158 Å². The zero-order valence-corrected chi connectivity index (χ0v) is 15.6. The van der Waals surface area contributed by atoms with Gasteiger partial charge in [-0.1, -0.05) is 30.3 Å². The van der Waals surface area contributed by atoms with Crippen LogP contribution in [-0.4, -0.2) is 27.2 Å². The van der Waals surface area contributed by atoms with Gasteiger partial charge in [0.05, 0.1) is 6.33 Å². The van der Waals surface area contributed by atoms with E-state index in [2.05, 4.69) is 28.1 Å². The van der Waals surface area contributed by atoms with Crippen molar-refractivity contribution in [2.45, 2.75) is 32.2 Å². The molecule has 0 aliphatic carbocycles. The molecule has 6 heteroatoms. The van der Waals surface area contributed by atoms with Gasteiger partial charge in [0, 0.05) is 26.7 Å². The van der Waals surface area contributed by atoms with Gasteiger partial charge >= 0.3 is 0 Å². The van der Waals surface area contributed by atoms with Gasteiger partial charge in [-0.3, -0.25) is 9.36 Å². The molecule has 0 bridgehead atoms. The Bertz CT molecular complexity index is 1050. The van der Waals surface area contributed by atoms with Crippen LogP contribution in [0.3, 0.4) is 0 Å². The smallest absolute Gasteiger partial charge is 0.277 e. The molecule has 1 aromatic carbocycles. The van der Waals surface area contributed by atoms with Crippen molar-refractivity contribution >= 4 is 16.9 Å². The maximum atomic E-state index is 13.1. The second kappa shape index (κ2) is 7.28. The molecule has 3 heterocycles. The fourth-order valence-electron chi connectivity index (χ4n) is 3.98. The van der Waals surface area contributed by atoms with Crippen molar-refractivity contribution in [3.63, 3.8) is 0 Å². The van der Waals surface area contributed by atoms with Crippen molar-refractivity contribution in [2.75, 3.05) is 18.0 Å². The maximum Gasteiger partial charge on any atom is 0.277 e. The zero-order chi connectivity index (χ0) is 18.8. The van der Waals surface area contributed by atoms with Gasteiger partial charge in [0.25, 0.3) is 5.56 Å². The molecule has 1 saturated heterocycles. The van der Waals surface area contributed by atoms with Crippen molar-refractivity contribution in [2.24, 2.45) is 7.05 Å². The van der Waals surface area contributed by atoms with E-state index >= 15 is 0 Å².